The minimum Gasteiger partial charge on any atom is -0.373 e. The first-order valence-corrected chi connectivity index (χ1v) is 8.47. The fraction of sp³-hybridized carbons (Fsp3) is 0.0769. The highest BCUT2D eigenvalue weighted by molar-refractivity contribution is 9.12. The van der Waals surface area contributed by atoms with Crippen LogP contribution in [0.2, 0.25) is 5.02 Å². The summed E-state index contributed by atoms with van der Waals surface area (Å²) in [4.78, 5) is 9.20. The van der Waals surface area contributed by atoms with Gasteiger partial charge in [0.05, 0.1) is 13.1 Å². The van der Waals surface area contributed by atoms with Crippen molar-refractivity contribution in [2.24, 2.45) is 0 Å². The monoisotopic (exact) mass is 431 g/mol. The van der Waals surface area contributed by atoms with E-state index in [1.807, 2.05) is 31.3 Å². The van der Waals surface area contributed by atoms with Crippen LogP contribution in [0.25, 0.3) is 22.3 Å². The lowest BCUT2D eigenvalue weighted by Crippen LogP contribution is -1.98. The molecule has 0 spiro atoms. The van der Waals surface area contributed by atoms with Gasteiger partial charge in [-0.1, -0.05) is 11.6 Å². The molecule has 0 aliphatic heterocycles. The molecule has 7 heteroatoms. The molecule has 102 valence electrons. The number of aromatic nitrogens is 2. The van der Waals surface area contributed by atoms with E-state index < -0.39 is 0 Å². The molecule has 0 amide bonds. The number of hydrogen-bond donors (Lipinski definition) is 1. The number of benzene rings is 1. The number of nitrogens with zero attached hydrogens (tertiary/aromatic N) is 2. The Morgan fingerprint density at radius 2 is 2.00 bits per heavy atom. The van der Waals surface area contributed by atoms with Crippen LogP contribution in [0.3, 0.4) is 0 Å². The van der Waals surface area contributed by atoms with Gasteiger partial charge in [0.15, 0.2) is 5.82 Å². The summed E-state index contributed by atoms with van der Waals surface area (Å²) in [6.45, 7) is 0. The molecule has 0 radical (unpaired) electrons. The number of anilines is 1. The summed E-state index contributed by atoms with van der Waals surface area (Å²) in [7, 11) is 1.84. The molecule has 0 aliphatic carbocycles. The Morgan fingerprint density at radius 3 is 2.65 bits per heavy atom. The Labute approximate surface area is 141 Å². The molecule has 0 aliphatic rings. The van der Waals surface area contributed by atoms with E-state index in [9.17, 15) is 0 Å². The van der Waals surface area contributed by atoms with E-state index >= 15 is 0 Å². The first-order chi connectivity index (χ1) is 9.58. The third kappa shape index (κ3) is 2.57. The number of fused-ring (bicyclic) bond motifs is 1. The Bertz CT molecular complexity index is 804. The van der Waals surface area contributed by atoms with Gasteiger partial charge in [0.2, 0.25) is 0 Å². The first kappa shape index (κ1) is 14.3. The average Bonchev–Trinajstić information content (AvgIpc) is 2.76. The predicted molar refractivity (Wildman–Crippen MR) is 92.8 cm³/mol. The Kier molecular flexibility index (Phi) is 3.99. The molecule has 0 atom stereocenters. The molecule has 0 unspecified atom stereocenters. The maximum Gasteiger partial charge on any atom is 0.164 e. The zero-order valence-corrected chi connectivity index (χ0v) is 15.0. The summed E-state index contributed by atoms with van der Waals surface area (Å²) in [5, 5.41) is 4.68. The smallest absolute Gasteiger partial charge is 0.164 e. The van der Waals surface area contributed by atoms with Crippen molar-refractivity contribution in [3.05, 3.63) is 36.9 Å². The second kappa shape index (κ2) is 5.60. The normalized spacial score (nSPS) is 11.0. The van der Waals surface area contributed by atoms with E-state index in [1.165, 1.54) is 0 Å². The van der Waals surface area contributed by atoms with Gasteiger partial charge in [-0.3, -0.25) is 0 Å². The molecule has 1 N–H and O–H groups in total. The lowest BCUT2D eigenvalue weighted by Gasteiger charge is -2.08. The van der Waals surface area contributed by atoms with Crippen molar-refractivity contribution in [3.63, 3.8) is 0 Å². The average molecular weight is 434 g/mol. The number of hydrogen-bond acceptors (Lipinski definition) is 4. The molecule has 1 aromatic carbocycles. The number of rotatable bonds is 2. The van der Waals surface area contributed by atoms with Crippen LogP contribution in [0.15, 0.2) is 31.8 Å². The molecule has 20 heavy (non-hydrogen) atoms. The SMILES string of the molecule is CNc1nc(-c2cc(Br)sc2Br)nc2ccc(Cl)cc12. The van der Waals surface area contributed by atoms with Crippen LogP contribution in [0.1, 0.15) is 0 Å². The third-order valence-corrected chi connectivity index (χ3v) is 5.37. The van der Waals surface area contributed by atoms with Crippen LogP contribution < -0.4 is 5.32 Å². The van der Waals surface area contributed by atoms with Gasteiger partial charge in [0, 0.05) is 23.0 Å². The molecule has 0 saturated carbocycles. The molecular weight excluding hydrogens is 425 g/mol. The van der Waals surface area contributed by atoms with Crippen molar-refractivity contribution in [1.29, 1.82) is 0 Å². The minimum atomic E-state index is 0.671. The van der Waals surface area contributed by atoms with E-state index in [4.69, 9.17) is 11.6 Å². The second-order valence-electron chi connectivity index (χ2n) is 4.05. The molecule has 0 bridgehead atoms. The van der Waals surface area contributed by atoms with E-state index in [0.29, 0.717) is 10.8 Å². The highest BCUT2D eigenvalue weighted by atomic mass is 79.9. The van der Waals surface area contributed by atoms with Crippen molar-refractivity contribution in [2.45, 2.75) is 0 Å². The summed E-state index contributed by atoms with van der Waals surface area (Å²) in [5.41, 5.74) is 1.83. The molecular formula is C13H8Br2ClN3S. The minimum absolute atomic E-state index is 0.671. The fourth-order valence-corrected chi connectivity index (χ4v) is 4.87. The summed E-state index contributed by atoms with van der Waals surface area (Å²) in [6.07, 6.45) is 0. The lowest BCUT2D eigenvalue weighted by atomic mass is 10.2. The Hall–Kier alpha value is -0.690. The molecule has 3 nitrogen and oxygen atoms in total. The Morgan fingerprint density at radius 1 is 1.20 bits per heavy atom. The number of nitrogens with one attached hydrogen (secondary N) is 1. The van der Waals surface area contributed by atoms with Gasteiger partial charge in [0.1, 0.15) is 5.82 Å². The van der Waals surface area contributed by atoms with Gasteiger partial charge in [-0.15, -0.1) is 11.3 Å². The highest BCUT2D eigenvalue weighted by Crippen LogP contribution is 2.38. The standard InChI is InChI=1S/C13H8Br2ClN3S/c1-17-12-7-4-6(16)2-3-9(7)18-13(19-12)8-5-10(14)20-11(8)15/h2-5H,1H3,(H,17,18,19). The molecule has 0 fully saturated rings. The molecule has 2 aromatic heterocycles. The third-order valence-electron chi connectivity index (χ3n) is 2.79. The van der Waals surface area contributed by atoms with Crippen molar-refractivity contribution in [2.75, 3.05) is 12.4 Å². The topological polar surface area (TPSA) is 37.8 Å². The summed E-state index contributed by atoms with van der Waals surface area (Å²) in [6, 6.07) is 7.61. The van der Waals surface area contributed by atoms with Crippen molar-refractivity contribution in [1.82, 2.24) is 9.97 Å². The number of thiophene rings is 1. The van der Waals surface area contributed by atoms with Gasteiger partial charge in [-0.25, -0.2) is 9.97 Å². The summed E-state index contributed by atoms with van der Waals surface area (Å²) in [5.74, 6) is 1.44. The van der Waals surface area contributed by atoms with Gasteiger partial charge < -0.3 is 5.32 Å². The second-order valence-corrected chi connectivity index (χ2v) is 8.23. The maximum absolute atomic E-state index is 6.04. The quantitative estimate of drug-likeness (QED) is 0.573. The van der Waals surface area contributed by atoms with Crippen molar-refractivity contribution in [3.8, 4) is 11.4 Å². The van der Waals surface area contributed by atoms with Gasteiger partial charge in [-0.2, -0.15) is 0 Å². The lowest BCUT2D eigenvalue weighted by molar-refractivity contribution is 1.21. The predicted octanol–water partition coefficient (Wildman–Crippen LogP) is 5.58. The summed E-state index contributed by atoms with van der Waals surface area (Å²) < 4.78 is 2.03. The first-order valence-electron chi connectivity index (χ1n) is 5.69. The Balaban J connectivity index is 2.28. The van der Waals surface area contributed by atoms with Gasteiger partial charge in [-0.05, 0) is 56.1 Å². The molecule has 3 rings (SSSR count). The highest BCUT2D eigenvalue weighted by Gasteiger charge is 2.14. The van der Waals surface area contributed by atoms with Crippen LogP contribution in [-0.2, 0) is 0 Å². The van der Waals surface area contributed by atoms with Gasteiger partial charge in [0.25, 0.3) is 0 Å². The number of halogens is 3. The van der Waals surface area contributed by atoms with E-state index in [-0.39, 0.29) is 0 Å². The van der Waals surface area contributed by atoms with Gasteiger partial charge >= 0.3 is 0 Å². The van der Waals surface area contributed by atoms with Crippen LogP contribution in [0, 0.1) is 0 Å². The van der Waals surface area contributed by atoms with Crippen LogP contribution >= 0.6 is 54.8 Å². The molecule has 0 saturated heterocycles. The zero-order valence-electron chi connectivity index (χ0n) is 10.2. The van der Waals surface area contributed by atoms with E-state index in [2.05, 4.69) is 47.1 Å². The zero-order chi connectivity index (χ0) is 14.3. The van der Waals surface area contributed by atoms with E-state index in [0.717, 1.165) is 29.9 Å². The fourth-order valence-electron chi connectivity index (χ4n) is 1.90. The molecule has 2 heterocycles. The van der Waals surface area contributed by atoms with Crippen molar-refractivity contribution < 1.29 is 0 Å². The van der Waals surface area contributed by atoms with Crippen molar-refractivity contribution >= 4 is 71.5 Å². The van der Waals surface area contributed by atoms with E-state index in [1.54, 1.807) is 11.3 Å². The van der Waals surface area contributed by atoms with Crippen LogP contribution in [0.4, 0.5) is 5.82 Å². The van der Waals surface area contributed by atoms with Crippen LogP contribution in [-0.4, -0.2) is 17.0 Å². The maximum atomic E-state index is 6.04. The van der Waals surface area contributed by atoms with Crippen LogP contribution in [0.5, 0.6) is 0 Å². The summed E-state index contributed by atoms with van der Waals surface area (Å²) >= 11 is 14.7. The largest absolute Gasteiger partial charge is 0.373 e. The molecule has 3 aromatic rings.